The van der Waals surface area contributed by atoms with Crippen molar-refractivity contribution in [1.29, 1.82) is 0 Å². The van der Waals surface area contributed by atoms with E-state index in [1.165, 1.54) is 0 Å². The summed E-state index contributed by atoms with van der Waals surface area (Å²) in [6.07, 6.45) is 1.80. The smallest absolute Gasteiger partial charge is 0.243 e. The van der Waals surface area contributed by atoms with Gasteiger partial charge in [-0.15, -0.1) is 0 Å². The molecule has 1 aliphatic rings. The van der Waals surface area contributed by atoms with Crippen molar-refractivity contribution in [3.8, 4) is 0 Å². The molecule has 0 radical (unpaired) electrons. The summed E-state index contributed by atoms with van der Waals surface area (Å²) >= 11 is 12.3. The van der Waals surface area contributed by atoms with E-state index in [1.807, 2.05) is 36.7 Å². The Labute approximate surface area is 160 Å². The second kappa shape index (κ2) is 5.66. The average molecular weight is 390 g/mol. The van der Waals surface area contributed by atoms with E-state index < -0.39 is 5.41 Å². The largest absolute Gasteiger partial charge is 0.273 e. The lowest BCUT2D eigenvalue weighted by Gasteiger charge is -2.20. The highest BCUT2D eigenvalue weighted by Gasteiger charge is 2.48. The van der Waals surface area contributed by atoms with Crippen molar-refractivity contribution in [2.24, 2.45) is 0 Å². The second-order valence-corrected chi connectivity index (χ2v) is 7.87. The molecule has 0 N–H and O–H groups in total. The number of hydrogen-bond donors (Lipinski definition) is 0. The minimum absolute atomic E-state index is 0.0120. The maximum atomic E-state index is 13.1. The van der Waals surface area contributed by atoms with Crippen LogP contribution in [0.25, 0.3) is 10.9 Å². The highest BCUT2D eigenvalue weighted by molar-refractivity contribution is 6.34. The highest BCUT2D eigenvalue weighted by Crippen LogP contribution is 2.47. The number of hydrogen-bond acceptors (Lipinski definition) is 4. The van der Waals surface area contributed by atoms with Crippen molar-refractivity contribution in [3.05, 3.63) is 40.4 Å². The first-order chi connectivity index (χ1) is 12.2. The van der Waals surface area contributed by atoms with Crippen molar-refractivity contribution >= 4 is 51.5 Å². The monoisotopic (exact) mass is 389 g/mol. The Kier molecular flexibility index (Phi) is 3.75. The third-order valence-electron chi connectivity index (χ3n) is 4.72. The van der Waals surface area contributed by atoms with Crippen molar-refractivity contribution in [3.63, 3.8) is 0 Å². The Morgan fingerprint density at radius 1 is 1.15 bits per heavy atom. The summed E-state index contributed by atoms with van der Waals surface area (Å²) in [5, 5.41) is 5.59. The molecule has 3 aromatic rings. The Bertz CT molecular complexity index is 1060. The molecule has 1 aromatic carbocycles. The number of halogens is 2. The van der Waals surface area contributed by atoms with Crippen molar-refractivity contribution < 1.29 is 4.79 Å². The first kappa shape index (κ1) is 17.2. The van der Waals surface area contributed by atoms with Crippen LogP contribution in [0.4, 0.5) is 11.5 Å². The van der Waals surface area contributed by atoms with Gasteiger partial charge in [0.1, 0.15) is 5.15 Å². The summed E-state index contributed by atoms with van der Waals surface area (Å²) in [6.45, 7) is 7.77. The van der Waals surface area contributed by atoms with Crippen LogP contribution in [0.15, 0.2) is 24.4 Å². The number of anilines is 2. The van der Waals surface area contributed by atoms with Gasteiger partial charge in [0.05, 0.1) is 22.8 Å². The van der Waals surface area contributed by atoms with E-state index in [2.05, 4.69) is 28.9 Å². The van der Waals surface area contributed by atoms with Gasteiger partial charge in [-0.3, -0.25) is 14.4 Å². The molecular weight excluding hydrogens is 373 g/mol. The van der Waals surface area contributed by atoms with Gasteiger partial charge in [-0.1, -0.05) is 11.6 Å². The molecule has 1 amide bonds. The van der Waals surface area contributed by atoms with Crippen molar-refractivity contribution in [2.45, 2.75) is 39.2 Å². The van der Waals surface area contributed by atoms with Gasteiger partial charge in [0.15, 0.2) is 5.82 Å². The van der Waals surface area contributed by atoms with E-state index in [4.69, 9.17) is 23.2 Å². The van der Waals surface area contributed by atoms with Crippen LogP contribution in [0.2, 0.25) is 10.4 Å². The molecule has 0 unspecified atom stereocenters. The molecule has 1 aliphatic heterocycles. The average Bonchev–Trinajstić information content (AvgIpc) is 3.04. The Balaban J connectivity index is 1.92. The molecule has 4 rings (SSSR count). The summed E-state index contributed by atoms with van der Waals surface area (Å²) in [4.78, 5) is 23.0. The molecule has 0 spiro atoms. The SMILES string of the molecule is CC(C)n1ncc2cc(N3C(=O)C(C)(C)c4c(Cl)nc(Cl)nc43)ccc21. The first-order valence-electron chi connectivity index (χ1n) is 8.27. The fraction of sp³-hybridized carbons (Fsp3) is 0.333. The molecule has 26 heavy (non-hydrogen) atoms. The van der Waals surface area contributed by atoms with Gasteiger partial charge in [0.25, 0.3) is 0 Å². The zero-order chi connectivity index (χ0) is 18.8. The number of benzene rings is 1. The minimum atomic E-state index is -0.839. The van der Waals surface area contributed by atoms with Crippen LogP contribution in [-0.2, 0) is 10.2 Å². The van der Waals surface area contributed by atoms with Gasteiger partial charge in [0.2, 0.25) is 11.2 Å². The van der Waals surface area contributed by atoms with Gasteiger partial charge in [0, 0.05) is 17.0 Å². The molecule has 0 aliphatic carbocycles. The van der Waals surface area contributed by atoms with E-state index in [0.29, 0.717) is 17.1 Å². The summed E-state index contributed by atoms with van der Waals surface area (Å²) in [7, 11) is 0. The molecule has 0 atom stereocenters. The molecule has 0 saturated carbocycles. The van der Waals surface area contributed by atoms with Crippen LogP contribution in [0.5, 0.6) is 0 Å². The Hall–Kier alpha value is -2.18. The quantitative estimate of drug-likeness (QED) is 0.471. The molecule has 6 nitrogen and oxygen atoms in total. The number of carbonyl (C=O) groups excluding carboxylic acids is 1. The van der Waals surface area contributed by atoms with E-state index in [0.717, 1.165) is 10.9 Å². The molecule has 134 valence electrons. The molecular formula is C18H17Cl2N5O. The van der Waals surface area contributed by atoms with Gasteiger partial charge in [-0.2, -0.15) is 10.1 Å². The Morgan fingerprint density at radius 2 is 1.88 bits per heavy atom. The van der Waals surface area contributed by atoms with Crippen LogP contribution in [0.3, 0.4) is 0 Å². The van der Waals surface area contributed by atoms with Gasteiger partial charge >= 0.3 is 0 Å². The molecule has 0 saturated heterocycles. The highest BCUT2D eigenvalue weighted by atomic mass is 35.5. The number of aromatic nitrogens is 4. The van der Waals surface area contributed by atoms with Crippen LogP contribution in [-0.4, -0.2) is 25.7 Å². The summed E-state index contributed by atoms with van der Waals surface area (Å²) in [5.41, 5.74) is 1.46. The van der Waals surface area contributed by atoms with Crippen molar-refractivity contribution in [1.82, 2.24) is 19.7 Å². The summed E-state index contributed by atoms with van der Waals surface area (Å²) in [5.74, 6) is 0.308. The second-order valence-electron chi connectivity index (χ2n) is 7.17. The summed E-state index contributed by atoms with van der Waals surface area (Å²) < 4.78 is 1.94. The fourth-order valence-electron chi connectivity index (χ4n) is 3.41. The standard InChI is InChI=1S/C18H17Cl2N5O/c1-9(2)25-12-6-5-11(7-10(12)8-21-25)24-15-13(18(3,4)16(24)26)14(19)22-17(20)23-15/h5-9H,1-4H3. The number of carbonyl (C=O) groups is 1. The number of fused-ring (bicyclic) bond motifs is 2. The normalized spacial score (nSPS) is 16.0. The van der Waals surface area contributed by atoms with E-state index in [9.17, 15) is 4.79 Å². The van der Waals surface area contributed by atoms with E-state index in [-0.39, 0.29) is 22.4 Å². The third-order valence-corrected chi connectivity index (χ3v) is 5.16. The van der Waals surface area contributed by atoms with Gasteiger partial charge < -0.3 is 0 Å². The Morgan fingerprint density at radius 3 is 2.58 bits per heavy atom. The van der Waals surface area contributed by atoms with Crippen LogP contribution in [0.1, 0.15) is 39.3 Å². The van der Waals surface area contributed by atoms with Crippen molar-refractivity contribution in [2.75, 3.05) is 4.90 Å². The van der Waals surface area contributed by atoms with Gasteiger partial charge in [-0.25, -0.2) is 4.98 Å². The zero-order valence-electron chi connectivity index (χ0n) is 14.8. The topological polar surface area (TPSA) is 63.9 Å². The predicted molar refractivity (Wildman–Crippen MR) is 102 cm³/mol. The van der Waals surface area contributed by atoms with Crippen LogP contribution < -0.4 is 4.90 Å². The lowest BCUT2D eigenvalue weighted by Crippen LogP contribution is -2.33. The molecule has 3 heterocycles. The third kappa shape index (κ3) is 2.32. The molecule has 2 aromatic heterocycles. The molecule has 8 heteroatoms. The van der Waals surface area contributed by atoms with E-state index in [1.54, 1.807) is 11.1 Å². The lowest BCUT2D eigenvalue weighted by molar-refractivity contribution is -0.121. The van der Waals surface area contributed by atoms with E-state index >= 15 is 0 Å². The summed E-state index contributed by atoms with van der Waals surface area (Å²) in [6, 6.07) is 6.02. The first-order valence-corrected chi connectivity index (χ1v) is 9.02. The number of rotatable bonds is 2. The zero-order valence-corrected chi connectivity index (χ0v) is 16.3. The predicted octanol–water partition coefficient (Wildman–Crippen LogP) is 4.67. The number of amides is 1. The van der Waals surface area contributed by atoms with Crippen LogP contribution in [0, 0.1) is 0 Å². The van der Waals surface area contributed by atoms with Crippen LogP contribution >= 0.6 is 23.2 Å². The fourth-order valence-corrected chi connectivity index (χ4v) is 4.02. The maximum absolute atomic E-state index is 13.1. The molecule has 0 fully saturated rings. The minimum Gasteiger partial charge on any atom is -0.273 e. The lowest BCUT2D eigenvalue weighted by atomic mass is 9.88. The molecule has 0 bridgehead atoms. The maximum Gasteiger partial charge on any atom is 0.243 e. The van der Waals surface area contributed by atoms with Gasteiger partial charge in [-0.05, 0) is 57.5 Å². The number of nitrogens with zero attached hydrogens (tertiary/aromatic N) is 5.